The van der Waals surface area contributed by atoms with Gasteiger partial charge in [-0.05, 0) is 72.2 Å². The Morgan fingerprint density at radius 1 is 0.975 bits per heavy atom. The van der Waals surface area contributed by atoms with Crippen LogP contribution in [-0.2, 0) is 9.36 Å². The third-order valence-corrected chi connectivity index (χ3v) is 8.71. The Kier molecular flexibility index (Phi) is 8.06. The quantitative estimate of drug-likeness (QED) is 0.277. The van der Waals surface area contributed by atoms with Crippen LogP contribution in [0.3, 0.4) is 0 Å². The van der Waals surface area contributed by atoms with E-state index in [9.17, 15) is 33.7 Å². The first-order valence-corrected chi connectivity index (χ1v) is 14.8. The maximum absolute atomic E-state index is 13.4. The summed E-state index contributed by atoms with van der Waals surface area (Å²) in [5.74, 6) is -0.547. The summed E-state index contributed by atoms with van der Waals surface area (Å²) in [6, 6.07) is 16.3. The first-order valence-electron chi connectivity index (χ1n) is 13.2. The molecule has 3 aromatic rings. The molecule has 4 N–H and O–H groups in total. The molecule has 1 amide bonds. The summed E-state index contributed by atoms with van der Waals surface area (Å²) in [5, 5.41) is 21.9. The molecule has 40 heavy (non-hydrogen) atoms. The van der Waals surface area contributed by atoms with Crippen LogP contribution in [0.1, 0.15) is 49.0 Å². The van der Waals surface area contributed by atoms with E-state index in [0.29, 0.717) is 41.5 Å². The second-order valence-electron chi connectivity index (χ2n) is 10.3. The van der Waals surface area contributed by atoms with E-state index in [1.165, 1.54) is 24.3 Å². The molecular formula is C31H31FNO6P. The van der Waals surface area contributed by atoms with E-state index in [0.717, 1.165) is 0 Å². The van der Waals surface area contributed by atoms with Gasteiger partial charge >= 0.3 is 7.60 Å². The molecule has 9 heteroatoms. The van der Waals surface area contributed by atoms with Crippen LogP contribution in [0.4, 0.5) is 4.39 Å². The van der Waals surface area contributed by atoms with E-state index in [4.69, 9.17) is 0 Å². The minimum Gasteiger partial charge on any atom is -0.508 e. The van der Waals surface area contributed by atoms with Crippen molar-refractivity contribution in [2.45, 2.75) is 43.9 Å². The van der Waals surface area contributed by atoms with Gasteiger partial charge in [0, 0.05) is 12.0 Å². The number of hydrogen-bond acceptors (Lipinski definition) is 4. The lowest BCUT2D eigenvalue weighted by molar-refractivity contribution is -0.130. The van der Waals surface area contributed by atoms with Gasteiger partial charge in [0.2, 0.25) is 5.91 Å². The number of likely N-dealkylation sites (tertiary alicyclic amines) is 1. The van der Waals surface area contributed by atoms with Gasteiger partial charge in [-0.1, -0.05) is 60.7 Å². The Balaban J connectivity index is 1.43. The Bertz CT molecular complexity index is 1480. The van der Waals surface area contributed by atoms with E-state index < -0.39 is 19.7 Å². The molecule has 0 spiro atoms. The molecule has 1 saturated heterocycles. The number of carbonyl (C=O) groups excluding carboxylic acids is 1. The highest BCUT2D eigenvalue weighted by atomic mass is 31.2. The van der Waals surface area contributed by atoms with Crippen LogP contribution in [-0.4, -0.2) is 36.8 Å². The topological polar surface area (TPSA) is 118 Å². The van der Waals surface area contributed by atoms with E-state index in [2.05, 4.69) is 0 Å². The summed E-state index contributed by atoms with van der Waals surface area (Å²) in [5.41, 5.74) is 2.55. The monoisotopic (exact) mass is 563 g/mol. The van der Waals surface area contributed by atoms with Gasteiger partial charge in [-0.25, -0.2) is 4.39 Å². The fourth-order valence-electron chi connectivity index (χ4n) is 5.70. The number of carbonyl (C=O) groups is 1. The minimum atomic E-state index is -4.36. The van der Waals surface area contributed by atoms with E-state index in [1.54, 1.807) is 36.4 Å². The number of phenols is 1. The molecule has 3 aromatic carbocycles. The van der Waals surface area contributed by atoms with Crippen molar-refractivity contribution in [2.24, 2.45) is 5.92 Å². The normalized spacial score (nSPS) is 21.6. The number of aliphatic hydroxyl groups is 1. The van der Waals surface area contributed by atoms with Gasteiger partial charge < -0.3 is 24.9 Å². The van der Waals surface area contributed by atoms with E-state index in [1.807, 2.05) is 35.3 Å². The number of halogens is 1. The number of benzene rings is 3. The fraction of sp³-hybridized carbons (Fsp3) is 0.258. The number of aliphatic hydroxyl groups excluding tert-OH is 1. The molecule has 1 heterocycles. The molecule has 0 aromatic heterocycles. The van der Waals surface area contributed by atoms with Crippen molar-refractivity contribution in [1.29, 1.82) is 0 Å². The van der Waals surface area contributed by atoms with Gasteiger partial charge in [-0.15, -0.1) is 0 Å². The zero-order valence-electron chi connectivity index (χ0n) is 21.7. The molecule has 0 saturated carbocycles. The van der Waals surface area contributed by atoms with Gasteiger partial charge in [-0.3, -0.25) is 9.36 Å². The number of allylic oxidation sites excluding steroid dienone is 2. The molecule has 208 valence electrons. The molecule has 0 bridgehead atoms. The standard InChI is InChI=1S/C31H31FNO6P/c32-24-12-6-21(7-13-24)28(34)17-11-23-19-30(36)33(25-4-2-1-3-5-25)31(23)27-16-10-22(18-29(27)35)20-8-14-26(15-9-20)40(37,38)39/h1-4,6-10,12-16,18,23,25,28,31,34-35H,5,11,17,19H2,(H2,37,38,39)/t23-,25?,28?,31+/m1/s1. The van der Waals surface area contributed by atoms with Crippen molar-refractivity contribution < 1.29 is 33.7 Å². The first kappa shape index (κ1) is 28.0. The van der Waals surface area contributed by atoms with Crippen molar-refractivity contribution in [3.05, 3.63) is 108 Å². The van der Waals surface area contributed by atoms with Crippen LogP contribution in [0.5, 0.6) is 5.75 Å². The van der Waals surface area contributed by atoms with Crippen LogP contribution < -0.4 is 5.30 Å². The zero-order chi connectivity index (χ0) is 28.4. The van der Waals surface area contributed by atoms with Gasteiger partial charge in [0.1, 0.15) is 11.6 Å². The third-order valence-electron chi connectivity index (χ3n) is 7.74. The zero-order valence-corrected chi connectivity index (χ0v) is 22.6. The van der Waals surface area contributed by atoms with Crippen LogP contribution in [0.25, 0.3) is 11.1 Å². The fourth-order valence-corrected chi connectivity index (χ4v) is 6.23. The highest BCUT2D eigenvalue weighted by Gasteiger charge is 2.44. The third kappa shape index (κ3) is 5.96. The van der Waals surface area contributed by atoms with Crippen molar-refractivity contribution >= 4 is 18.8 Å². The lowest BCUT2D eigenvalue weighted by Gasteiger charge is -2.35. The summed E-state index contributed by atoms with van der Waals surface area (Å²) in [6.07, 6.45) is 8.85. The van der Waals surface area contributed by atoms with Crippen LogP contribution in [0.15, 0.2) is 91.0 Å². The average Bonchev–Trinajstić information content (AvgIpc) is 3.27. The number of nitrogens with zero attached hydrogens (tertiary/aromatic N) is 1. The molecule has 2 unspecified atom stereocenters. The number of rotatable bonds is 8. The molecule has 7 nitrogen and oxygen atoms in total. The molecular weight excluding hydrogens is 532 g/mol. The predicted octanol–water partition coefficient (Wildman–Crippen LogP) is 5.29. The number of phenolic OH excluding ortho intramolecular Hbond substituents is 1. The van der Waals surface area contributed by atoms with Gasteiger partial charge in [0.05, 0.1) is 23.5 Å². The van der Waals surface area contributed by atoms with Crippen molar-refractivity contribution in [3.8, 4) is 16.9 Å². The molecule has 2 aliphatic rings. The van der Waals surface area contributed by atoms with Crippen molar-refractivity contribution in [1.82, 2.24) is 4.90 Å². The maximum atomic E-state index is 13.4. The minimum absolute atomic E-state index is 0.0145. The summed E-state index contributed by atoms with van der Waals surface area (Å²) in [7, 11) is -4.36. The average molecular weight is 564 g/mol. The van der Waals surface area contributed by atoms with E-state index in [-0.39, 0.29) is 41.2 Å². The molecule has 0 radical (unpaired) electrons. The molecule has 4 atom stereocenters. The lowest BCUT2D eigenvalue weighted by atomic mass is 9.86. The molecule has 1 fully saturated rings. The molecule has 1 aliphatic heterocycles. The van der Waals surface area contributed by atoms with Crippen LogP contribution in [0, 0.1) is 11.7 Å². The molecule has 1 aliphatic carbocycles. The smallest absolute Gasteiger partial charge is 0.356 e. The second kappa shape index (κ2) is 11.5. The number of hydrogen-bond donors (Lipinski definition) is 4. The lowest BCUT2D eigenvalue weighted by Crippen LogP contribution is -2.38. The Hall–Kier alpha value is -3.55. The number of aromatic hydroxyl groups is 1. The van der Waals surface area contributed by atoms with Crippen LogP contribution >= 0.6 is 7.60 Å². The van der Waals surface area contributed by atoms with Gasteiger partial charge in [-0.2, -0.15) is 0 Å². The second-order valence-corrected chi connectivity index (χ2v) is 11.9. The van der Waals surface area contributed by atoms with Crippen molar-refractivity contribution in [3.63, 3.8) is 0 Å². The Labute approximate surface area is 232 Å². The van der Waals surface area contributed by atoms with Crippen molar-refractivity contribution in [2.75, 3.05) is 0 Å². The summed E-state index contributed by atoms with van der Waals surface area (Å²) < 4.78 is 24.8. The van der Waals surface area contributed by atoms with Crippen LogP contribution in [0.2, 0.25) is 0 Å². The Morgan fingerprint density at radius 2 is 1.68 bits per heavy atom. The maximum Gasteiger partial charge on any atom is 0.356 e. The van der Waals surface area contributed by atoms with Gasteiger partial charge in [0.15, 0.2) is 0 Å². The van der Waals surface area contributed by atoms with Gasteiger partial charge in [0.25, 0.3) is 0 Å². The largest absolute Gasteiger partial charge is 0.508 e. The van der Waals surface area contributed by atoms with E-state index >= 15 is 0 Å². The number of amides is 1. The first-order chi connectivity index (χ1) is 19.1. The molecule has 5 rings (SSSR count). The predicted molar refractivity (Wildman–Crippen MR) is 150 cm³/mol. The highest BCUT2D eigenvalue weighted by Crippen LogP contribution is 2.47. The SMILES string of the molecule is O=C1C[C@@H](CCC(O)c2ccc(F)cc2)[C@@H](c2ccc(-c3ccc(P(=O)(O)O)cc3)cc2O)N1C1C=CC=CC1. The summed E-state index contributed by atoms with van der Waals surface area (Å²) >= 11 is 0. The Morgan fingerprint density at radius 3 is 2.30 bits per heavy atom. The summed E-state index contributed by atoms with van der Waals surface area (Å²) in [4.78, 5) is 34.0. The highest BCUT2D eigenvalue weighted by molar-refractivity contribution is 7.60. The summed E-state index contributed by atoms with van der Waals surface area (Å²) in [6.45, 7) is 0.